The number of nitrogens with zero attached hydrogens (tertiary/aromatic N) is 2. The number of aryl methyl sites for hydroxylation is 1. The summed E-state index contributed by atoms with van der Waals surface area (Å²) in [5.41, 5.74) is 2.49. The zero-order valence-electron chi connectivity index (χ0n) is 17.3. The van der Waals surface area contributed by atoms with Gasteiger partial charge < -0.3 is 10.2 Å². The van der Waals surface area contributed by atoms with Gasteiger partial charge in [-0.3, -0.25) is 14.5 Å². The number of fused-ring (bicyclic) bond motifs is 1. The lowest BCUT2D eigenvalue weighted by atomic mass is 9.95. The Hall–Kier alpha value is -3.68. The summed E-state index contributed by atoms with van der Waals surface area (Å²) in [4.78, 5) is 32.3. The summed E-state index contributed by atoms with van der Waals surface area (Å²) in [6, 6.07) is 17.4. The van der Waals surface area contributed by atoms with Crippen LogP contribution in [0.2, 0.25) is 5.02 Å². The summed E-state index contributed by atoms with van der Waals surface area (Å²) in [6.07, 6.45) is 0. The van der Waals surface area contributed by atoms with Gasteiger partial charge in [0.05, 0.1) is 21.8 Å². The van der Waals surface area contributed by atoms with E-state index >= 15 is 0 Å². The Kier molecular flexibility index (Phi) is 5.15. The standard InChI is InChI=1S/C25H17ClN2O4S/c1-13-5-10-18-19(11-13)33-25(27-18)28-21(15-3-2-4-17(29)12-15)20(23(31)24(28)32)22(30)14-6-8-16(26)9-7-14/h2-12,21,29-30H,1H3/b22-20+. The van der Waals surface area contributed by atoms with E-state index in [-0.39, 0.29) is 17.1 Å². The molecule has 164 valence electrons. The number of carbonyl (C=O) groups excluding carboxylic acids is 2. The molecule has 1 amide bonds. The number of anilines is 1. The van der Waals surface area contributed by atoms with E-state index in [1.807, 2.05) is 25.1 Å². The number of hydrogen-bond acceptors (Lipinski definition) is 6. The molecule has 0 radical (unpaired) electrons. The molecule has 1 aromatic heterocycles. The second-order valence-electron chi connectivity index (χ2n) is 7.74. The number of Topliss-reactive ketones (excluding diaryl/α,β-unsaturated/α-hetero) is 1. The second-order valence-corrected chi connectivity index (χ2v) is 9.18. The van der Waals surface area contributed by atoms with Gasteiger partial charge in [-0.05, 0) is 66.6 Å². The van der Waals surface area contributed by atoms with Crippen LogP contribution in [-0.2, 0) is 9.59 Å². The number of carbonyl (C=O) groups is 2. The Morgan fingerprint density at radius 2 is 1.82 bits per heavy atom. The van der Waals surface area contributed by atoms with Crippen molar-refractivity contribution in [2.45, 2.75) is 13.0 Å². The van der Waals surface area contributed by atoms with Crippen molar-refractivity contribution >= 4 is 55.7 Å². The van der Waals surface area contributed by atoms with E-state index in [1.165, 1.54) is 28.4 Å². The van der Waals surface area contributed by atoms with Crippen LogP contribution in [0.1, 0.15) is 22.7 Å². The van der Waals surface area contributed by atoms with E-state index in [4.69, 9.17) is 11.6 Å². The molecule has 0 bridgehead atoms. The van der Waals surface area contributed by atoms with Gasteiger partial charge in [0.2, 0.25) is 0 Å². The van der Waals surface area contributed by atoms with Crippen molar-refractivity contribution in [2.24, 2.45) is 0 Å². The first-order valence-corrected chi connectivity index (χ1v) is 11.3. The average Bonchev–Trinajstić information content (AvgIpc) is 3.32. The van der Waals surface area contributed by atoms with Crippen LogP contribution in [0, 0.1) is 6.92 Å². The van der Waals surface area contributed by atoms with Crippen molar-refractivity contribution < 1.29 is 19.8 Å². The number of rotatable bonds is 3. The topological polar surface area (TPSA) is 90.7 Å². The SMILES string of the molecule is Cc1ccc2nc(N3C(=O)C(=O)/C(=C(/O)c4ccc(Cl)cc4)C3c3cccc(O)c3)sc2c1. The largest absolute Gasteiger partial charge is 0.508 e. The molecule has 33 heavy (non-hydrogen) atoms. The maximum atomic E-state index is 13.2. The molecule has 2 heterocycles. The van der Waals surface area contributed by atoms with Crippen molar-refractivity contribution in [2.75, 3.05) is 4.90 Å². The quantitative estimate of drug-likeness (QED) is 0.228. The second kappa shape index (κ2) is 8.03. The lowest BCUT2D eigenvalue weighted by Crippen LogP contribution is -2.29. The van der Waals surface area contributed by atoms with Crippen LogP contribution >= 0.6 is 22.9 Å². The Morgan fingerprint density at radius 1 is 1.06 bits per heavy atom. The Morgan fingerprint density at radius 3 is 2.55 bits per heavy atom. The highest BCUT2D eigenvalue weighted by Gasteiger charge is 2.48. The molecule has 1 aliphatic rings. The number of halogens is 1. The third kappa shape index (κ3) is 3.65. The van der Waals surface area contributed by atoms with Crippen LogP contribution < -0.4 is 4.90 Å². The van der Waals surface area contributed by atoms with Crippen molar-refractivity contribution in [3.63, 3.8) is 0 Å². The van der Waals surface area contributed by atoms with Gasteiger partial charge in [0, 0.05) is 10.6 Å². The van der Waals surface area contributed by atoms with Crippen molar-refractivity contribution in [3.05, 3.63) is 94.0 Å². The Balaban J connectivity index is 1.74. The first-order valence-electron chi connectivity index (χ1n) is 10.1. The zero-order valence-corrected chi connectivity index (χ0v) is 18.9. The molecule has 2 N–H and O–H groups in total. The monoisotopic (exact) mass is 476 g/mol. The van der Waals surface area contributed by atoms with E-state index in [2.05, 4.69) is 4.98 Å². The smallest absolute Gasteiger partial charge is 0.301 e. The van der Waals surface area contributed by atoms with Gasteiger partial charge in [0.25, 0.3) is 5.78 Å². The minimum atomic E-state index is -0.963. The number of aromatic nitrogens is 1. The Labute approximate surface area is 198 Å². The van der Waals surface area contributed by atoms with Crippen molar-refractivity contribution in [1.29, 1.82) is 0 Å². The van der Waals surface area contributed by atoms with Crippen molar-refractivity contribution in [3.8, 4) is 5.75 Å². The predicted molar refractivity (Wildman–Crippen MR) is 129 cm³/mol. The minimum Gasteiger partial charge on any atom is -0.508 e. The number of phenols is 1. The van der Waals surface area contributed by atoms with Crippen LogP contribution in [0.25, 0.3) is 16.0 Å². The summed E-state index contributed by atoms with van der Waals surface area (Å²) >= 11 is 7.25. The molecule has 1 saturated heterocycles. The van der Waals surface area contributed by atoms with Crippen LogP contribution in [0.5, 0.6) is 5.75 Å². The van der Waals surface area contributed by atoms with Crippen LogP contribution in [0.15, 0.2) is 72.3 Å². The maximum Gasteiger partial charge on any atom is 0.301 e. The normalized spacial score (nSPS) is 17.8. The zero-order chi connectivity index (χ0) is 23.3. The average molecular weight is 477 g/mol. The molecule has 1 fully saturated rings. The van der Waals surface area contributed by atoms with Crippen LogP contribution in [0.3, 0.4) is 0 Å². The number of amides is 1. The van der Waals surface area contributed by atoms with E-state index < -0.39 is 17.7 Å². The fraction of sp³-hybridized carbons (Fsp3) is 0.0800. The molecule has 0 saturated carbocycles. The summed E-state index contributed by atoms with van der Waals surface area (Å²) < 4.78 is 0.874. The highest BCUT2D eigenvalue weighted by atomic mass is 35.5. The molecule has 3 aromatic carbocycles. The van der Waals surface area contributed by atoms with E-state index in [1.54, 1.807) is 36.4 Å². The first kappa shape index (κ1) is 21.2. The van der Waals surface area contributed by atoms with Gasteiger partial charge in [0.15, 0.2) is 5.13 Å². The lowest BCUT2D eigenvalue weighted by molar-refractivity contribution is -0.132. The molecule has 0 spiro atoms. The molecule has 8 heteroatoms. The third-order valence-electron chi connectivity index (χ3n) is 5.49. The number of aliphatic hydroxyl groups is 1. The number of benzene rings is 3. The van der Waals surface area contributed by atoms with Crippen LogP contribution in [-0.4, -0.2) is 26.9 Å². The molecule has 1 unspecified atom stereocenters. The van der Waals surface area contributed by atoms with Crippen LogP contribution in [0.4, 0.5) is 5.13 Å². The summed E-state index contributed by atoms with van der Waals surface area (Å²) in [5, 5.41) is 22.0. The number of hydrogen-bond donors (Lipinski definition) is 2. The number of ketones is 1. The van der Waals surface area contributed by atoms with Gasteiger partial charge in [-0.1, -0.05) is 41.1 Å². The molecular formula is C25H17ClN2O4S. The van der Waals surface area contributed by atoms with Gasteiger partial charge in [-0.25, -0.2) is 4.98 Å². The fourth-order valence-corrected chi connectivity index (χ4v) is 5.14. The minimum absolute atomic E-state index is 0.0236. The molecular weight excluding hydrogens is 460 g/mol. The molecule has 4 aromatic rings. The van der Waals surface area contributed by atoms with E-state index in [0.29, 0.717) is 26.8 Å². The van der Waals surface area contributed by atoms with Crippen molar-refractivity contribution in [1.82, 2.24) is 4.98 Å². The Bertz CT molecular complexity index is 1460. The predicted octanol–water partition coefficient (Wildman–Crippen LogP) is 5.59. The molecule has 6 nitrogen and oxygen atoms in total. The summed E-state index contributed by atoms with van der Waals surface area (Å²) in [7, 11) is 0. The molecule has 5 rings (SSSR count). The molecule has 1 aliphatic heterocycles. The van der Waals surface area contributed by atoms with E-state index in [0.717, 1.165) is 10.3 Å². The molecule has 1 atom stereocenters. The summed E-state index contributed by atoms with van der Waals surface area (Å²) in [5.74, 6) is -1.97. The number of aliphatic hydroxyl groups excluding tert-OH is 1. The fourth-order valence-electron chi connectivity index (χ4n) is 3.93. The van der Waals surface area contributed by atoms with E-state index in [9.17, 15) is 19.8 Å². The van der Waals surface area contributed by atoms with Gasteiger partial charge >= 0.3 is 5.91 Å². The number of aromatic hydroxyl groups is 1. The lowest BCUT2D eigenvalue weighted by Gasteiger charge is -2.23. The summed E-state index contributed by atoms with van der Waals surface area (Å²) in [6.45, 7) is 1.96. The third-order valence-corrected chi connectivity index (χ3v) is 6.76. The van der Waals surface area contributed by atoms with Gasteiger partial charge in [-0.15, -0.1) is 0 Å². The number of thiazole rings is 1. The number of phenolic OH excluding ortho intramolecular Hbond substituents is 1. The first-order chi connectivity index (χ1) is 15.8. The highest BCUT2D eigenvalue weighted by molar-refractivity contribution is 7.22. The maximum absolute atomic E-state index is 13.2. The van der Waals surface area contributed by atoms with Gasteiger partial charge in [0.1, 0.15) is 11.5 Å². The van der Waals surface area contributed by atoms with Gasteiger partial charge in [-0.2, -0.15) is 0 Å². The highest BCUT2D eigenvalue weighted by Crippen LogP contribution is 2.44. The molecule has 0 aliphatic carbocycles.